The van der Waals surface area contributed by atoms with E-state index in [0.717, 1.165) is 11.1 Å². The van der Waals surface area contributed by atoms with Crippen molar-refractivity contribution in [1.82, 2.24) is 15.1 Å². The number of nitrogens with zero attached hydrogens (tertiary/aromatic N) is 2. The maximum atomic E-state index is 13.0. The van der Waals surface area contributed by atoms with Crippen molar-refractivity contribution in [2.45, 2.75) is 12.5 Å². The van der Waals surface area contributed by atoms with Crippen LogP contribution in [0.3, 0.4) is 0 Å². The van der Waals surface area contributed by atoms with Gasteiger partial charge in [-0.3, -0.25) is 4.68 Å². The summed E-state index contributed by atoms with van der Waals surface area (Å²) in [4.78, 5) is 0. The van der Waals surface area contributed by atoms with Crippen LogP contribution < -0.4 is 5.32 Å². The van der Waals surface area contributed by atoms with Crippen LogP contribution in [0.2, 0.25) is 5.02 Å². The van der Waals surface area contributed by atoms with Crippen LogP contribution in [0.4, 0.5) is 4.39 Å². The average molecular weight is 268 g/mol. The van der Waals surface area contributed by atoms with Crippen LogP contribution in [0.1, 0.15) is 17.2 Å². The van der Waals surface area contributed by atoms with Gasteiger partial charge in [0.25, 0.3) is 0 Å². The Bertz CT molecular complexity index is 539. The van der Waals surface area contributed by atoms with E-state index >= 15 is 0 Å². The first kappa shape index (κ1) is 13.1. The molecule has 0 aliphatic rings. The molecule has 0 radical (unpaired) electrons. The lowest BCUT2D eigenvalue weighted by Gasteiger charge is -2.15. The second-order valence-electron chi connectivity index (χ2n) is 4.23. The molecule has 1 N–H and O–H groups in total. The minimum absolute atomic E-state index is 0.113. The lowest BCUT2D eigenvalue weighted by molar-refractivity contribution is 0.588. The van der Waals surface area contributed by atoms with Gasteiger partial charge >= 0.3 is 0 Å². The van der Waals surface area contributed by atoms with Gasteiger partial charge in [-0.15, -0.1) is 0 Å². The molecule has 1 unspecified atom stereocenters. The molecule has 96 valence electrons. The predicted octanol–water partition coefficient (Wildman–Crippen LogP) is 2.72. The van der Waals surface area contributed by atoms with Gasteiger partial charge in [0.05, 0.1) is 6.20 Å². The average Bonchev–Trinajstić information content (AvgIpc) is 2.75. The Hall–Kier alpha value is -1.39. The fraction of sp³-hybridized carbons (Fsp3) is 0.308. The summed E-state index contributed by atoms with van der Waals surface area (Å²) in [6.07, 6.45) is 4.47. The molecule has 3 nitrogen and oxygen atoms in total. The maximum Gasteiger partial charge on any atom is 0.124 e. The zero-order valence-electron chi connectivity index (χ0n) is 10.3. The van der Waals surface area contributed by atoms with Crippen molar-refractivity contribution < 1.29 is 4.39 Å². The summed E-state index contributed by atoms with van der Waals surface area (Å²) >= 11 is 6.03. The highest BCUT2D eigenvalue weighted by molar-refractivity contribution is 6.31. The topological polar surface area (TPSA) is 29.9 Å². The van der Waals surface area contributed by atoms with Crippen molar-refractivity contribution in [1.29, 1.82) is 0 Å². The predicted molar refractivity (Wildman–Crippen MR) is 70.1 cm³/mol. The zero-order valence-corrected chi connectivity index (χ0v) is 11.1. The monoisotopic (exact) mass is 267 g/mol. The summed E-state index contributed by atoms with van der Waals surface area (Å²) in [6, 6.07) is 4.60. The molecule has 0 bridgehead atoms. The van der Waals surface area contributed by atoms with Crippen molar-refractivity contribution >= 4 is 11.6 Å². The summed E-state index contributed by atoms with van der Waals surface area (Å²) in [5, 5.41) is 7.82. The third kappa shape index (κ3) is 2.89. The zero-order chi connectivity index (χ0) is 13.1. The van der Waals surface area contributed by atoms with Crippen LogP contribution in [0.25, 0.3) is 0 Å². The van der Waals surface area contributed by atoms with Gasteiger partial charge in [0.2, 0.25) is 0 Å². The van der Waals surface area contributed by atoms with E-state index in [0.29, 0.717) is 11.4 Å². The molecule has 0 aliphatic carbocycles. The number of aromatic nitrogens is 2. The Balaban J connectivity index is 2.20. The molecular formula is C13H15ClFN3. The minimum atomic E-state index is -0.314. The van der Waals surface area contributed by atoms with E-state index in [-0.39, 0.29) is 11.9 Å². The quantitative estimate of drug-likeness (QED) is 0.923. The van der Waals surface area contributed by atoms with Gasteiger partial charge in [-0.05, 0) is 31.2 Å². The molecule has 1 aromatic carbocycles. The minimum Gasteiger partial charge on any atom is -0.313 e. The van der Waals surface area contributed by atoms with Crippen molar-refractivity contribution in [3.05, 3.63) is 52.6 Å². The largest absolute Gasteiger partial charge is 0.313 e. The molecule has 2 aromatic rings. The Kier molecular flexibility index (Phi) is 3.99. The second-order valence-corrected chi connectivity index (χ2v) is 4.64. The van der Waals surface area contributed by atoms with Crippen LogP contribution in [0, 0.1) is 5.82 Å². The van der Waals surface area contributed by atoms with Crippen molar-refractivity contribution in [3.8, 4) is 0 Å². The van der Waals surface area contributed by atoms with E-state index in [1.54, 1.807) is 10.7 Å². The number of halogens is 2. The lowest BCUT2D eigenvalue weighted by Crippen LogP contribution is -2.18. The number of hydrogen-bond acceptors (Lipinski definition) is 2. The molecular weight excluding hydrogens is 253 g/mol. The Morgan fingerprint density at radius 1 is 1.50 bits per heavy atom. The van der Waals surface area contributed by atoms with E-state index in [1.165, 1.54) is 12.1 Å². The number of rotatable bonds is 4. The number of likely N-dealkylation sites (N-methyl/N-ethyl adjacent to an activating group) is 1. The molecule has 0 amide bonds. The molecule has 18 heavy (non-hydrogen) atoms. The van der Waals surface area contributed by atoms with E-state index in [2.05, 4.69) is 10.4 Å². The Labute approximate surface area is 111 Å². The number of benzene rings is 1. The third-order valence-electron chi connectivity index (χ3n) is 2.91. The van der Waals surface area contributed by atoms with Crippen LogP contribution in [-0.4, -0.2) is 16.8 Å². The molecule has 2 rings (SSSR count). The van der Waals surface area contributed by atoms with E-state index in [4.69, 9.17) is 11.6 Å². The van der Waals surface area contributed by atoms with E-state index < -0.39 is 0 Å². The fourth-order valence-electron chi connectivity index (χ4n) is 1.91. The highest BCUT2D eigenvalue weighted by atomic mass is 35.5. The molecule has 0 spiro atoms. The third-order valence-corrected chi connectivity index (χ3v) is 3.27. The molecule has 0 saturated heterocycles. The first-order chi connectivity index (χ1) is 8.60. The van der Waals surface area contributed by atoms with E-state index in [1.807, 2.05) is 26.5 Å². The Morgan fingerprint density at radius 2 is 2.28 bits per heavy atom. The molecule has 0 aliphatic heterocycles. The van der Waals surface area contributed by atoms with Crippen LogP contribution in [0.5, 0.6) is 0 Å². The normalized spacial score (nSPS) is 12.7. The van der Waals surface area contributed by atoms with Gasteiger partial charge in [0.15, 0.2) is 0 Å². The highest BCUT2D eigenvalue weighted by Crippen LogP contribution is 2.23. The summed E-state index contributed by atoms with van der Waals surface area (Å²) in [6.45, 7) is 0. The van der Waals surface area contributed by atoms with Gasteiger partial charge in [0, 0.05) is 29.9 Å². The standard InChI is InChI=1S/C13H15ClFN3/c1-16-13(10-7-17-18(2)8-10)5-9-3-4-11(15)6-12(9)14/h3-4,6-8,13,16H,5H2,1-2H3. The summed E-state index contributed by atoms with van der Waals surface area (Å²) in [7, 11) is 3.76. The molecule has 1 aromatic heterocycles. The van der Waals surface area contributed by atoms with Crippen molar-refractivity contribution in [2.24, 2.45) is 7.05 Å². The van der Waals surface area contributed by atoms with Crippen LogP contribution in [0.15, 0.2) is 30.6 Å². The van der Waals surface area contributed by atoms with Gasteiger partial charge < -0.3 is 5.32 Å². The first-order valence-corrected chi connectivity index (χ1v) is 6.07. The van der Waals surface area contributed by atoms with Crippen molar-refractivity contribution in [3.63, 3.8) is 0 Å². The number of hydrogen-bond donors (Lipinski definition) is 1. The number of nitrogens with one attached hydrogen (secondary N) is 1. The molecule has 1 atom stereocenters. The van der Waals surface area contributed by atoms with Gasteiger partial charge in [-0.2, -0.15) is 5.10 Å². The Morgan fingerprint density at radius 3 is 2.83 bits per heavy atom. The molecule has 5 heteroatoms. The second kappa shape index (κ2) is 5.50. The summed E-state index contributed by atoms with van der Waals surface area (Å²) in [5.41, 5.74) is 2.00. The molecule has 1 heterocycles. The highest BCUT2D eigenvalue weighted by Gasteiger charge is 2.14. The van der Waals surface area contributed by atoms with Crippen LogP contribution >= 0.6 is 11.6 Å². The summed E-state index contributed by atoms with van der Waals surface area (Å²) in [5.74, 6) is -0.314. The van der Waals surface area contributed by atoms with Gasteiger partial charge in [-0.25, -0.2) is 4.39 Å². The van der Waals surface area contributed by atoms with E-state index in [9.17, 15) is 4.39 Å². The maximum absolute atomic E-state index is 13.0. The number of aryl methyl sites for hydroxylation is 1. The first-order valence-electron chi connectivity index (χ1n) is 5.70. The van der Waals surface area contributed by atoms with Gasteiger partial charge in [-0.1, -0.05) is 17.7 Å². The smallest absolute Gasteiger partial charge is 0.124 e. The SMILES string of the molecule is CNC(Cc1ccc(F)cc1Cl)c1cnn(C)c1. The molecule has 0 saturated carbocycles. The lowest BCUT2D eigenvalue weighted by atomic mass is 10.0. The summed E-state index contributed by atoms with van der Waals surface area (Å²) < 4.78 is 14.7. The van der Waals surface area contributed by atoms with Crippen molar-refractivity contribution in [2.75, 3.05) is 7.05 Å². The van der Waals surface area contributed by atoms with Crippen LogP contribution in [-0.2, 0) is 13.5 Å². The van der Waals surface area contributed by atoms with Gasteiger partial charge in [0.1, 0.15) is 5.82 Å². The fourth-order valence-corrected chi connectivity index (χ4v) is 2.16. The molecule has 0 fully saturated rings.